The molecule has 0 bridgehead atoms. The Bertz CT molecular complexity index is 499. The van der Waals surface area contributed by atoms with Crippen molar-refractivity contribution in [3.05, 3.63) is 29.8 Å². The zero-order valence-electron chi connectivity index (χ0n) is 10.9. The second-order valence-corrected chi connectivity index (χ2v) is 5.31. The van der Waals surface area contributed by atoms with Crippen LogP contribution >= 0.6 is 0 Å². The Kier molecular flexibility index (Phi) is 4.23. The van der Waals surface area contributed by atoms with Crippen molar-refractivity contribution in [2.75, 3.05) is 11.9 Å². The van der Waals surface area contributed by atoms with Crippen LogP contribution in [-0.2, 0) is 4.79 Å². The molecule has 3 N–H and O–H groups in total. The fourth-order valence-electron chi connectivity index (χ4n) is 2.47. The third-order valence-corrected chi connectivity index (χ3v) is 3.80. The lowest BCUT2D eigenvalue weighted by molar-refractivity contribution is -0.144. The molecule has 0 unspecified atom stereocenters. The van der Waals surface area contributed by atoms with E-state index in [1.165, 1.54) is 0 Å². The van der Waals surface area contributed by atoms with E-state index < -0.39 is 29.1 Å². The molecule has 4 nitrogen and oxygen atoms in total. The molecule has 0 atom stereocenters. The van der Waals surface area contributed by atoms with Gasteiger partial charge in [0.2, 0.25) is 0 Å². The summed E-state index contributed by atoms with van der Waals surface area (Å²) >= 11 is 0. The molecular formula is C14H17F2NO3. The minimum atomic E-state index is -1.08. The van der Waals surface area contributed by atoms with Crippen molar-refractivity contribution in [2.24, 2.45) is 5.92 Å². The van der Waals surface area contributed by atoms with Crippen molar-refractivity contribution in [3.63, 3.8) is 0 Å². The lowest BCUT2D eigenvalue weighted by atomic mass is 9.79. The predicted octanol–water partition coefficient (Wildman–Crippen LogP) is 2.38. The molecule has 2 rings (SSSR count). The number of hydrogen-bond donors (Lipinski definition) is 3. The van der Waals surface area contributed by atoms with Crippen LogP contribution in [0.15, 0.2) is 18.2 Å². The van der Waals surface area contributed by atoms with Gasteiger partial charge in [0.15, 0.2) is 0 Å². The van der Waals surface area contributed by atoms with Gasteiger partial charge in [-0.3, -0.25) is 4.79 Å². The van der Waals surface area contributed by atoms with Crippen molar-refractivity contribution < 1.29 is 23.8 Å². The minimum Gasteiger partial charge on any atom is -0.481 e. The Morgan fingerprint density at radius 2 is 2.00 bits per heavy atom. The molecule has 0 amide bonds. The third kappa shape index (κ3) is 3.45. The zero-order chi connectivity index (χ0) is 14.8. The Hall–Kier alpha value is -1.69. The van der Waals surface area contributed by atoms with Gasteiger partial charge >= 0.3 is 5.97 Å². The van der Waals surface area contributed by atoms with Crippen LogP contribution in [0.5, 0.6) is 0 Å². The summed E-state index contributed by atoms with van der Waals surface area (Å²) in [5.74, 6) is -2.43. The zero-order valence-corrected chi connectivity index (χ0v) is 10.9. The normalized spacial score (nSPS) is 26.2. The van der Waals surface area contributed by atoms with E-state index in [2.05, 4.69) is 5.32 Å². The van der Waals surface area contributed by atoms with Crippen LogP contribution in [-0.4, -0.2) is 28.3 Å². The van der Waals surface area contributed by atoms with Crippen LogP contribution in [0.25, 0.3) is 0 Å². The molecule has 1 aliphatic carbocycles. The molecular weight excluding hydrogens is 268 g/mol. The summed E-state index contributed by atoms with van der Waals surface area (Å²) in [7, 11) is 0. The Labute approximate surface area is 115 Å². The van der Waals surface area contributed by atoms with Crippen LogP contribution in [0, 0.1) is 17.6 Å². The van der Waals surface area contributed by atoms with E-state index in [0.29, 0.717) is 25.7 Å². The maximum absolute atomic E-state index is 13.4. The number of aliphatic hydroxyl groups is 1. The maximum Gasteiger partial charge on any atom is 0.306 e. The number of rotatable bonds is 4. The van der Waals surface area contributed by atoms with Crippen LogP contribution < -0.4 is 5.32 Å². The average molecular weight is 285 g/mol. The maximum atomic E-state index is 13.4. The highest BCUT2D eigenvalue weighted by atomic mass is 19.1. The second kappa shape index (κ2) is 5.75. The van der Waals surface area contributed by atoms with E-state index in [0.717, 1.165) is 18.2 Å². The number of carbonyl (C=O) groups is 1. The molecule has 1 aromatic rings. The van der Waals surface area contributed by atoms with Crippen LogP contribution in [0.3, 0.4) is 0 Å². The fraction of sp³-hybridized carbons (Fsp3) is 0.500. The van der Waals surface area contributed by atoms with Crippen LogP contribution in [0.4, 0.5) is 14.5 Å². The topological polar surface area (TPSA) is 69.6 Å². The number of carboxylic acids is 1. The Morgan fingerprint density at radius 3 is 2.60 bits per heavy atom. The number of anilines is 1. The van der Waals surface area contributed by atoms with Gasteiger partial charge < -0.3 is 15.5 Å². The summed E-state index contributed by atoms with van der Waals surface area (Å²) in [5.41, 5.74) is -1.08. The van der Waals surface area contributed by atoms with Gasteiger partial charge in [-0.15, -0.1) is 0 Å². The lowest BCUT2D eigenvalue weighted by Gasteiger charge is -2.35. The molecule has 0 aromatic heterocycles. The summed E-state index contributed by atoms with van der Waals surface area (Å²) in [4.78, 5) is 10.8. The largest absolute Gasteiger partial charge is 0.481 e. The molecule has 1 fully saturated rings. The highest BCUT2D eigenvalue weighted by Gasteiger charge is 2.35. The summed E-state index contributed by atoms with van der Waals surface area (Å²) in [5, 5.41) is 21.9. The molecule has 0 heterocycles. The number of aliphatic carboxylic acids is 1. The first-order valence-electron chi connectivity index (χ1n) is 6.54. The van der Waals surface area contributed by atoms with Gasteiger partial charge in [-0.05, 0) is 43.9 Å². The van der Waals surface area contributed by atoms with Crippen molar-refractivity contribution in [1.29, 1.82) is 0 Å². The smallest absolute Gasteiger partial charge is 0.306 e. The Balaban J connectivity index is 1.94. The first-order chi connectivity index (χ1) is 9.39. The molecule has 0 aliphatic heterocycles. The molecule has 110 valence electrons. The summed E-state index contributed by atoms with van der Waals surface area (Å²) < 4.78 is 26.4. The minimum absolute atomic E-state index is 0.00113. The highest BCUT2D eigenvalue weighted by Crippen LogP contribution is 2.32. The number of halogens is 2. The molecule has 0 radical (unpaired) electrons. The van der Waals surface area contributed by atoms with Crippen molar-refractivity contribution in [2.45, 2.75) is 31.3 Å². The molecule has 1 aromatic carbocycles. The van der Waals surface area contributed by atoms with E-state index >= 15 is 0 Å². The van der Waals surface area contributed by atoms with E-state index in [1.807, 2.05) is 0 Å². The van der Waals surface area contributed by atoms with E-state index in [4.69, 9.17) is 5.11 Å². The first kappa shape index (κ1) is 14.7. The highest BCUT2D eigenvalue weighted by molar-refractivity contribution is 5.70. The van der Waals surface area contributed by atoms with Crippen molar-refractivity contribution in [1.82, 2.24) is 0 Å². The van der Waals surface area contributed by atoms with E-state index in [9.17, 15) is 18.7 Å². The summed E-state index contributed by atoms with van der Waals surface area (Å²) in [6, 6.07) is 3.07. The van der Waals surface area contributed by atoms with Crippen molar-refractivity contribution in [3.8, 4) is 0 Å². The van der Waals surface area contributed by atoms with Gasteiger partial charge in [0, 0.05) is 6.54 Å². The standard InChI is InChI=1S/C14H17F2NO3/c15-10-1-2-11(16)12(7-10)17-8-14(20)5-3-9(4-6-14)13(18)19/h1-2,7,9,17,20H,3-6,8H2,(H,18,19). The lowest BCUT2D eigenvalue weighted by Crippen LogP contribution is -2.42. The number of nitrogens with one attached hydrogen (secondary N) is 1. The second-order valence-electron chi connectivity index (χ2n) is 5.31. The molecule has 1 aliphatic rings. The molecule has 0 spiro atoms. The SMILES string of the molecule is O=C(O)C1CCC(O)(CNc2cc(F)ccc2F)CC1. The van der Waals surface area contributed by atoms with E-state index in [-0.39, 0.29) is 12.2 Å². The van der Waals surface area contributed by atoms with E-state index in [1.54, 1.807) is 0 Å². The number of benzene rings is 1. The summed E-state index contributed by atoms with van der Waals surface area (Å²) in [6.07, 6.45) is 1.43. The fourth-order valence-corrected chi connectivity index (χ4v) is 2.47. The van der Waals surface area contributed by atoms with Gasteiger partial charge in [0.1, 0.15) is 11.6 Å². The van der Waals surface area contributed by atoms with Gasteiger partial charge in [0.05, 0.1) is 17.2 Å². The van der Waals surface area contributed by atoms with Crippen LogP contribution in [0.2, 0.25) is 0 Å². The predicted molar refractivity (Wildman–Crippen MR) is 69.4 cm³/mol. The molecule has 0 saturated heterocycles. The van der Waals surface area contributed by atoms with Gasteiger partial charge in [-0.2, -0.15) is 0 Å². The quantitative estimate of drug-likeness (QED) is 0.794. The first-order valence-corrected chi connectivity index (χ1v) is 6.54. The monoisotopic (exact) mass is 285 g/mol. The van der Waals surface area contributed by atoms with Gasteiger partial charge in [0.25, 0.3) is 0 Å². The number of hydrogen-bond acceptors (Lipinski definition) is 3. The Morgan fingerprint density at radius 1 is 1.35 bits per heavy atom. The van der Waals surface area contributed by atoms with Crippen molar-refractivity contribution >= 4 is 11.7 Å². The van der Waals surface area contributed by atoms with Gasteiger partial charge in [-0.25, -0.2) is 8.78 Å². The number of carboxylic acid groups (broad SMARTS) is 1. The molecule has 1 saturated carbocycles. The summed E-state index contributed by atoms with van der Waals surface area (Å²) in [6.45, 7) is 0.0692. The third-order valence-electron chi connectivity index (χ3n) is 3.80. The molecule has 20 heavy (non-hydrogen) atoms. The molecule has 6 heteroatoms. The van der Waals surface area contributed by atoms with Gasteiger partial charge in [-0.1, -0.05) is 0 Å². The van der Waals surface area contributed by atoms with Crippen LogP contribution in [0.1, 0.15) is 25.7 Å². The average Bonchev–Trinajstić information content (AvgIpc) is 2.40.